The number of hydrogen-bond acceptors (Lipinski definition) is 5. The van der Waals surface area contributed by atoms with Gasteiger partial charge in [-0.1, -0.05) is 0 Å². The van der Waals surface area contributed by atoms with E-state index in [0.29, 0.717) is 0 Å². The Bertz CT molecular complexity index is 581. The van der Waals surface area contributed by atoms with E-state index < -0.39 is 31.9 Å². The van der Waals surface area contributed by atoms with Crippen LogP contribution in [0.3, 0.4) is 0 Å². The summed E-state index contributed by atoms with van der Waals surface area (Å²) in [5.41, 5.74) is -6.87. The Morgan fingerprint density at radius 2 is 1.82 bits per heavy atom. The Morgan fingerprint density at radius 3 is 2.12 bits per heavy atom. The molecule has 0 unspecified atom stereocenters. The van der Waals surface area contributed by atoms with E-state index in [1.54, 1.807) is 4.98 Å². The number of rotatable bonds is 1. The maximum Gasteiger partial charge on any atom is 1.00 e. The Hall–Kier alpha value is -0.434. The summed E-state index contributed by atoms with van der Waals surface area (Å²) < 4.78 is 57.8. The van der Waals surface area contributed by atoms with E-state index in [2.05, 4.69) is 4.98 Å². The molecule has 0 saturated heterocycles. The predicted molar refractivity (Wildman–Crippen MR) is 42.4 cm³/mol. The van der Waals surface area contributed by atoms with Gasteiger partial charge in [0.05, 0.1) is 0 Å². The summed E-state index contributed by atoms with van der Waals surface area (Å²) in [7, 11) is -5.67. The van der Waals surface area contributed by atoms with Gasteiger partial charge in [0.25, 0.3) is 0 Å². The number of sulfone groups is 1. The van der Waals surface area contributed by atoms with Gasteiger partial charge in [0, 0.05) is 0 Å². The number of alkyl halides is 3. The van der Waals surface area contributed by atoms with Crippen LogP contribution in [0.5, 0.6) is 0 Å². The molecule has 0 aliphatic rings. The van der Waals surface area contributed by atoms with Crippen molar-refractivity contribution in [3.05, 3.63) is 11.4 Å². The number of nitriles is 2. The molecule has 0 bridgehead atoms. The van der Waals surface area contributed by atoms with E-state index in [0.717, 1.165) is 0 Å². The first-order valence-corrected chi connectivity index (χ1v) is 4.94. The summed E-state index contributed by atoms with van der Waals surface area (Å²) in [6.07, 6.45) is 0. The van der Waals surface area contributed by atoms with Crippen molar-refractivity contribution in [2.45, 2.75) is 10.7 Å². The van der Waals surface area contributed by atoms with Crippen LogP contribution in [-0.4, -0.2) is 23.9 Å². The van der Waals surface area contributed by atoms with Crippen molar-refractivity contribution < 1.29 is 74.4 Å². The van der Waals surface area contributed by atoms with E-state index in [-0.39, 0.29) is 52.8 Å². The molecule has 11 heteroatoms. The number of aromatic nitrogens is 2. The molecule has 0 spiro atoms. The monoisotopic (exact) mass is 290 g/mol. The third kappa shape index (κ3) is 3.07. The standard InChI is InChI=1S/C6HF3N4O2S.K.H/c7-6(8,9)16(14,15)5-12-3(1-10)4(2-11)13-5;;/h(H,12,13);;/q;+1;-1. The zero-order valence-corrected chi connectivity index (χ0v) is 12.1. The quantitative estimate of drug-likeness (QED) is 0.578. The molecule has 0 radical (unpaired) electrons. The van der Waals surface area contributed by atoms with Gasteiger partial charge in [0.1, 0.15) is 12.1 Å². The number of aromatic amines is 1. The van der Waals surface area contributed by atoms with E-state index in [4.69, 9.17) is 10.5 Å². The number of hydrogen-bond donors (Lipinski definition) is 1. The molecular formula is C6H2F3KN4O2S. The fourth-order valence-electron chi connectivity index (χ4n) is 0.750. The van der Waals surface area contributed by atoms with E-state index in [9.17, 15) is 21.6 Å². The van der Waals surface area contributed by atoms with E-state index in [1.807, 2.05) is 0 Å². The Morgan fingerprint density at radius 1 is 1.29 bits per heavy atom. The normalized spacial score (nSPS) is 11.1. The Balaban J connectivity index is 0. The van der Waals surface area contributed by atoms with Crippen molar-refractivity contribution in [3.63, 3.8) is 0 Å². The van der Waals surface area contributed by atoms with Crippen molar-refractivity contribution in [1.82, 2.24) is 9.97 Å². The number of nitrogens with zero attached hydrogens (tertiary/aromatic N) is 3. The maximum absolute atomic E-state index is 12.1. The number of nitrogens with one attached hydrogen (secondary N) is 1. The number of halogens is 3. The molecule has 1 aromatic rings. The van der Waals surface area contributed by atoms with Gasteiger partial charge < -0.3 is 6.41 Å². The first-order valence-electron chi connectivity index (χ1n) is 3.45. The number of imidazole rings is 1. The second-order valence-electron chi connectivity index (χ2n) is 2.44. The van der Waals surface area contributed by atoms with Crippen molar-refractivity contribution in [2.24, 2.45) is 0 Å². The Labute approximate surface area is 137 Å². The largest absolute Gasteiger partial charge is 1.00 e. The van der Waals surface area contributed by atoms with Gasteiger partial charge in [-0.2, -0.15) is 23.7 Å². The van der Waals surface area contributed by atoms with Gasteiger partial charge in [-0.15, -0.1) is 0 Å². The SMILES string of the molecule is N#Cc1nc(S(=O)(=O)C(F)(F)F)[nH]c1C#N.[H-].[K+]. The van der Waals surface area contributed by atoms with Crippen LogP contribution in [0.15, 0.2) is 5.16 Å². The molecule has 6 nitrogen and oxygen atoms in total. The zero-order chi connectivity index (χ0) is 12.6. The molecule has 0 aromatic carbocycles. The van der Waals surface area contributed by atoms with Crippen LogP contribution in [0.25, 0.3) is 0 Å². The second-order valence-corrected chi connectivity index (χ2v) is 4.29. The minimum absolute atomic E-state index is 0. The second kappa shape index (κ2) is 5.47. The molecule has 0 atom stereocenters. The van der Waals surface area contributed by atoms with Crippen LogP contribution in [0.1, 0.15) is 12.8 Å². The number of H-pyrrole nitrogens is 1. The van der Waals surface area contributed by atoms with Crippen LogP contribution in [0.4, 0.5) is 13.2 Å². The van der Waals surface area contributed by atoms with Crippen LogP contribution >= 0.6 is 0 Å². The van der Waals surface area contributed by atoms with Gasteiger partial charge in [0.15, 0.2) is 11.4 Å². The van der Waals surface area contributed by atoms with Gasteiger partial charge in [-0.3, -0.25) is 0 Å². The molecule has 0 saturated carbocycles. The molecule has 17 heavy (non-hydrogen) atoms. The Kier molecular flexibility index (Phi) is 5.33. The summed E-state index contributed by atoms with van der Waals surface area (Å²) in [5.74, 6) is 0. The average molecular weight is 290 g/mol. The van der Waals surface area contributed by atoms with E-state index in [1.165, 1.54) is 12.1 Å². The molecule has 1 aromatic heterocycles. The molecule has 1 N–H and O–H groups in total. The summed E-state index contributed by atoms with van der Waals surface area (Å²) in [6, 6.07) is 2.61. The average Bonchev–Trinajstić information content (AvgIpc) is 2.59. The third-order valence-electron chi connectivity index (χ3n) is 1.46. The summed E-state index contributed by atoms with van der Waals surface area (Å²) in [4.78, 5) is 4.52. The fourth-order valence-corrected chi connectivity index (χ4v) is 1.42. The van der Waals surface area contributed by atoms with Crippen molar-refractivity contribution >= 4 is 9.84 Å². The molecular weight excluding hydrogens is 288 g/mol. The fraction of sp³-hybridized carbons (Fsp3) is 0.167. The van der Waals surface area contributed by atoms with Gasteiger partial charge in [-0.05, 0) is 0 Å². The third-order valence-corrected chi connectivity index (χ3v) is 2.77. The molecule has 0 amide bonds. The maximum atomic E-state index is 12.1. The summed E-state index contributed by atoms with van der Waals surface area (Å²) in [5, 5.41) is 15.3. The zero-order valence-electron chi connectivity index (χ0n) is 9.20. The van der Waals surface area contributed by atoms with Gasteiger partial charge in [-0.25, -0.2) is 13.4 Å². The van der Waals surface area contributed by atoms with Crippen LogP contribution in [-0.2, 0) is 9.84 Å². The minimum Gasteiger partial charge on any atom is -1.00 e. The predicted octanol–water partition coefficient (Wildman–Crippen LogP) is -2.44. The van der Waals surface area contributed by atoms with Crippen molar-refractivity contribution in [2.75, 3.05) is 0 Å². The first kappa shape index (κ1) is 16.6. The smallest absolute Gasteiger partial charge is 1.00 e. The van der Waals surface area contributed by atoms with Crippen molar-refractivity contribution in [1.29, 1.82) is 10.5 Å². The first-order chi connectivity index (χ1) is 7.24. The molecule has 0 aliphatic carbocycles. The van der Waals surface area contributed by atoms with Gasteiger partial charge >= 0.3 is 66.7 Å². The molecule has 1 rings (SSSR count). The van der Waals surface area contributed by atoms with E-state index >= 15 is 0 Å². The van der Waals surface area contributed by atoms with Crippen molar-refractivity contribution in [3.8, 4) is 12.1 Å². The van der Waals surface area contributed by atoms with Crippen LogP contribution in [0.2, 0.25) is 0 Å². The summed E-state index contributed by atoms with van der Waals surface area (Å²) >= 11 is 0. The topological polar surface area (TPSA) is 110 Å². The van der Waals surface area contributed by atoms with Gasteiger partial charge in [0.2, 0.25) is 5.16 Å². The molecule has 1 heterocycles. The minimum atomic E-state index is -5.67. The van der Waals surface area contributed by atoms with Crippen LogP contribution < -0.4 is 51.4 Å². The molecule has 0 aliphatic heterocycles. The van der Waals surface area contributed by atoms with Crippen LogP contribution in [0, 0.1) is 22.7 Å². The summed E-state index contributed by atoms with van der Waals surface area (Å²) in [6.45, 7) is 0. The molecule has 0 fully saturated rings. The molecule has 86 valence electrons.